The molecule has 1 amide bonds. The summed E-state index contributed by atoms with van der Waals surface area (Å²) in [5.41, 5.74) is -0.0387. The van der Waals surface area contributed by atoms with Crippen LogP contribution in [0.25, 0.3) is 0 Å². The maximum absolute atomic E-state index is 13.2. The molecule has 4 rings (SSSR count). The van der Waals surface area contributed by atoms with Crippen LogP contribution in [0.5, 0.6) is 0 Å². The van der Waals surface area contributed by atoms with E-state index in [-0.39, 0.29) is 24.8 Å². The number of hydrogen-bond donors (Lipinski definition) is 0. The number of carbonyl (C=O) groups excluding carboxylic acids is 1. The van der Waals surface area contributed by atoms with Crippen LogP contribution in [0.1, 0.15) is 46.0 Å². The molecule has 1 saturated heterocycles. The first-order valence-corrected chi connectivity index (χ1v) is 10.3. The molecule has 20 heavy (non-hydrogen) atoms. The number of fused-ring (bicyclic) bond motifs is 1. The van der Waals surface area contributed by atoms with Crippen molar-refractivity contribution in [2.45, 2.75) is 54.5 Å². The van der Waals surface area contributed by atoms with Crippen molar-refractivity contribution < 1.29 is 4.79 Å². The third-order valence-electron chi connectivity index (χ3n) is 6.51. The van der Waals surface area contributed by atoms with Gasteiger partial charge in [-0.15, -0.1) is 0 Å². The molecular weight excluding hydrogens is 450 g/mol. The molecular formula is C15H22Br3NO. The lowest BCUT2D eigenvalue weighted by Crippen LogP contribution is -2.72. The highest BCUT2D eigenvalue weighted by Gasteiger charge is 2.83. The van der Waals surface area contributed by atoms with E-state index in [1.165, 1.54) is 19.3 Å². The highest BCUT2D eigenvalue weighted by Crippen LogP contribution is 2.82. The van der Waals surface area contributed by atoms with Gasteiger partial charge in [0.15, 0.2) is 0 Å². The van der Waals surface area contributed by atoms with Gasteiger partial charge in [0, 0.05) is 23.3 Å². The van der Waals surface area contributed by atoms with Crippen LogP contribution in [0.4, 0.5) is 0 Å². The molecule has 0 N–H and O–H groups in total. The topological polar surface area (TPSA) is 20.3 Å². The number of nitrogens with zero attached hydrogens (tertiary/aromatic N) is 1. The number of amides is 1. The second-order valence-electron chi connectivity index (χ2n) is 7.15. The average Bonchev–Trinajstić information content (AvgIpc) is 2.88. The quantitative estimate of drug-likeness (QED) is 0.535. The fourth-order valence-corrected chi connectivity index (χ4v) is 9.95. The third kappa shape index (κ3) is 1.58. The van der Waals surface area contributed by atoms with Crippen LogP contribution in [0.15, 0.2) is 0 Å². The van der Waals surface area contributed by atoms with Gasteiger partial charge in [-0.05, 0) is 37.5 Å². The normalized spacial score (nSPS) is 42.7. The van der Waals surface area contributed by atoms with Gasteiger partial charge in [-0.25, -0.2) is 0 Å². The zero-order chi connectivity index (χ0) is 14.8. The fraction of sp³-hybridized carbons (Fsp3) is 0.933. The SMILES string of the molecule is CC1(C)[C@]2(C(Br)Br)CC[C@@]1(C(=O)N1CCCCC1)[C@@H]2Br. The molecule has 0 aromatic rings. The van der Waals surface area contributed by atoms with Gasteiger partial charge in [-0.2, -0.15) is 0 Å². The molecule has 1 aliphatic heterocycles. The number of alkyl halides is 3. The van der Waals surface area contributed by atoms with E-state index in [1.54, 1.807) is 0 Å². The molecule has 3 atom stereocenters. The first kappa shape index (κ1) is 15.8. The molecule has 2 nitrogen and oxygen atoms in total. The lowest BCUT2D eigenvalue weighted by molar-refractivity contribution is -0.173. The molecule has 4 aliphatic rings. The second-order valence-corrected chi connectivity index (χ2v) is 11.1. The molecule has 114 valence electrons. The maximum atomic E-state index is 13.2. The predicted molar refractivity (Wildman–Crippen MR) is 92.7 cm³/mol. The van der Waals surface area contributed by atoms with Crippen LogP contribution in [-0.4, -0.2) is 32.5 Å². The van der Waals surface area contributed by atoms with Crippen LogP contribution in [-0.2, 0) is 4.79 Å². The van der Waals surface area contributed by atoms with Crippen molar-refractivity contribution in [2.75, 3.05) is 13.1 Å². The summed E-state index contributed by atoms with van der Waals surface area (Å²) in [6.45, 7) is 6.48. The molecule has 5 heteroatoms. The lowest BCUT2D eigenvalue weighted by Gasteiger charge is -2.66. The summed E-state index contributed by atoms with van der Waals surface area (Å²) >= 11 is 11.4. The van der Waals surface area contributed by atoms with Gasteiger partial charge in [0.25, 0.3) is 0 Å². The largest absolute Gasteiger partial charge is 0.342 e. The van der Waals surface area contributed by atoms with Gasteiger partial charge < -0.3 is 4.90 Å². The van der Waals surface area contributed by atoms with E-state index < -0.39 is 0 Å². The van der Waals surface area contributed by atoms with Crippen molar-refractivity contribution in [3.8, 4) is 0 Å². The monoisotopic (exact) mass is 469 g/mol. The average molecular weight is 472 g/mol. The van der Waals surface area contributed by atoms with E-state index in [9.17, 15) is 4.79 Å². The summed E-state index contributed by atoms with van der Waals surface area (Å²) in [5, 5.41) is 0. The van der Waals surface area contributed by atoms with E-state index in [0.29, 0.717) is 5.91 Å². The molecule has 2 bridgehead atoms. The summed E-state index contributed by atoms with van der Waals surface area (Å²) in [5.74, 6) is 0.401. The number of halogens is 3. The Morgan fingerprint density at radius 1 is 1.15 bits per heavy atom. The Morgan fingerprint density at radius 2 is 1.75 bits per heavy atom. The first-order chi connectivity index (χ1) is 9.32. The summed E-state index contributed by atoms with van der Waals surface area (Å²) < 4.78 is 0.256. The minimum Gasteiger partial charge on any atom is -0.342 e. The molecule has 4 fully saturated rings. The minimum atomic E-state index is -0.204. The number of piperidine rings is 1. The molecule has 3 saturated carbocycles. The Labute approximate surface area is 146 Å². The van der Waals surface area contributed by atoms with Crippen LogP contribution in [0, 0.1) is 16.2 Å². The van der Waals surface area contributed by atoms with Crippen LogP contribution >= 0.6 is 47.8 Å². The number of carbonyl (C=O) groups is 1. The molecule has 0 unspecified atom stereocenters. The standard InChI is InChI=1S/C15H22Br3NO/c1-13(2)14(11(17)18)6-7-15(13,10(14)16)12(20)19-8-4-3-5-9-19/h10-11H,3-9H2,1-2H3/t10-,14-,15+/m1/s1. The van der Waals surface area contributed by atoms with Crippen molar-refractivity contribution >= 4 is 53.7 Å². The van der Waals surface area contributed by atoms with Crippen LogP contribution < -0.4 is 0 Å². The van der Waals surface area contributed by atoms with E-state index in [2.05, 4.69) is 66.5 Å². The maximum Gasteiger partial charge on any atom is 0.230 e. The smallest absolute Gasteiger partial charge is 0.230 e. The third-order valence-corrected chi connectivity index (χ3v) is 9.74. The zero-order valence-electron chi connectivity index (χ0n) is 12.1. The molecule has 0 spiro atoms. The number of hydrogen-bond acceptors (Lipinski definition) is 1. The van der Waals surface area contributed by atoms with Gasteiger partial charge in [0.1, 0.15) is 0 Å². The molecule has 0 aromatic carbocycles. The van der Waals surface area contributed by atoms with E-state index in [4.69, 9.17) is 0 Å². The number of likely N-dealkylation sites (tertiary alicyclic amines) is 1. The predicted octanol–water partition coefficient (Wildman–Crippen LogP) is 4.68. The van der Waals surface area contributed by atoms with Crippen LogP contribution in [0.2, 0.25) is 0 Å². The molecule has 0 radical (unpaired) electrons. The molecule has 1 heterocycles. The minimum absolute atomic E-state index is 0.0281. The van der Waals surface area contributed by atoms with E-state index in [0.717, 1.165) is 25.9 Å². The van der Waals surface area contributed by atoms with Gasteiger partial charge in [-0.3, -0.25) is 4.79 Å². The lowest BCUT2D eigenvalue weighted by atomic mass is 9.43. The Morgan fingerprint density at radius 3 is 2.20 bits per heavy atom. The second kappa shape index (κ2) is 4.95. The van der Waals surface area contributed by atoms with Gasteiger partial charge >= 0.3 is 0 Å². The Balaban J connectivity index is 1.92. The van der Waals surface area contributed by atoms with Crippen molar-refractivity contribution in [3.63, 3.8) is 0 Å². The van der Waals surface area contributed by atoms with E-state index in [1.807, 2.05) is 0 Å². The van der Waals surface area contributed by atoms with Gasteiger partial charge in [0.2, 0.25) is 5.91 Å². The number of rotatable bonds is 2. The van der Waals surface area contributed by atoms with Gasteiger partial charge in [0.05, 0.1) is 9.15 Å². The summed E-state index contributed by atoms with van der Waals surface area (Å²) in [4.78, 5) is 15.6. The summed E-state index contributed by atoms with van der Waals surface area (Å²) in [6, 6.07) is 0. The van der Waals surface area contributed by atoms with Crippen molar-refractivity contribution in [2.24, 2.45) is 16.2 Å². The van der Waals surface area contributed by atoms with Crippen molar-refractivity contribution in [1.82, 2.24) is 4.90 Å². The van der Waals surface area contributed by atoms with E-state index >= 15 is 0 Å². The fourth-order valence-electron chi connectivity index (χ4n) is 5.05. The first-order valence-electron chi connectivity index (χ1n) is 7.54. The summed E-state index contributed by atoms with van der Waals surface area (Å²) in [6.07, 6.45) is 5.72. The Kier molecular flexibility index (Phi) is 3.91. The van der Waals surface area contributed by atoms with Crippen LogP contribution in [0.3, 0.4) is 0 Å². The molecule has 0 aromatic heterocycles. The highest BCUT2D eigenvalue weighted by atomic mass is 79.9. The highest BCUT2D eigenvalue weighted by molar-refractivity contribution is 9.24. The molecule has 3 aliphatic carbocycles. The van der Waals surface area contributed by atoms with Crippen molar-refractivity contribution in [3.05, 3.63) is 0 Å². The van der Waals surface area contributed by atoms with Gasteiger partial charge in [-0.1, -0.05) is 61.6 Å². The Hall–Kier alpha value is 0.910. The Bertz CT molecular complexity index is 433. The zero-order valence-corrected chi connectivity index (χ0v) is 16.9. The summed E-state index contributed by atoms with van der Waals surface area (Å²) in [7, 11) is 0. The van der Waals surface area contributed by atoms with Crippen molar-refractivity contribution in [1.29, 1.82) is 0 Å².